The monoisotopic (exact) mass is 514 g/mol. The summed E-state index contributed by atoms with van der Waals surface area (Å²) in [5.41, 5.74) is 2.51. The number of carbonyl (C=O) groups excluding carboxylic acids is 2. The topological polar surface area (TPSA) is 92.8 Å². The number of ether oxygens (including phenoxy) is 1. The Morgan fingerprint density at radius 1 is 0.676 bits per heavy atom. The summed E-state index contributed by atoms with van der Waals surface area (Å²) in [6.45, 7) is -0.0782. The normalized spacial score (nSPS) is 11.2. The van der Waals surface area contributed by atoms with Gasteiger partial charge in [0.1, 0.15) is 0 Å². The van der Waals surface area contributed by atoms with Crippen molar-refractivity contribution < 1.29 is 22.7 Å². The lowest BCUT2D eigenvalue weighted by Crippen LogP contribution is -2.30. The first-order valence-corrected chi connectivity index (χ1v) is 13.1. The van der Waals surface area contributed by atoms with Gasteiger partial charge in [-0.15, -0.1) is 0 Å². The highest BCUT2D eigenvalue weighted by Gasteiger charge is 2.25. The standard InChI is InChI=1S/C29H26N2O5S/c32-28(22-36-29(33)30-26-14-8-3-9-15-26)25-16-18-27(19-17-25)37(34,35)31(20-23-10-4-1-5-11-23)21-24-12-6-2-7-13-24/h1-19H,20-22H2,(H,30,33). The summed E-state index contributed by atoms with van der Waals surface area (Å²) in [7, 11) is -3.87. The van der Waals surface area contributed by atoms with Crippen molar-refractivity contribution in [1.29, 1.82) is 0 Å². The van der Waals surface area contributed by atoms with E-state index >= 15 is 0 Å². The van der Waals surface area contributed by atoms with Gasteiger partial charge in [0.15, 0.2) is 12.4 Å². The van der Waals surface area contributed by atoms with Gasteiger partial charge in [0.25, 0.3) is 0 Å². The summed E-state index contributed by atoms with van der Waals surface area (Å²) < 4.78 is 33.6. The summed E-state index contributed by atoms with van der Waals surface area (Å²) in [6, 6.07) is 33.1. The Bertz CT molecular complexity index is 1380. The van der Waals surface area contributed by atoms with Crippen molar-refractivity contribution in [2.24, 2.45) is 0 Å². The molecule has 8 heteroatoms. The number of benzene rings is 4. The Kier molecular flexibility index (Phi) is 8.45. The van der Waals surface area contributed by atoms with E-state index in [1.54, 1.807) is 24.3 Å². The minimum absolute atomic E-state index is 0.0682. The van der Waals surface area contributed by atoms with Gasteiger partial charge in [-0.05, 0) is 47.5 Å². The first kappa shape index (κ1) is 25.8. The number of hydrogen-bond donors (Lipinski definition) is 1. The molecule has 1 amide bonds. The molecule has 0 unspecified atom stereocenters. The summed E-state index contributed by atoms with van der Waals surface area (Å²) >= 11 is 0. The molecule has 0 aliphatic carbocycles. The largest absolute Gasteiger partial charge is 0.441 e. The maximum Gasteiger partial charge on any atom is 0.412 e. The molecule has 0 aliphatic heterocycles. The van der Waals surface area contributed by atoms with Crippen molar-refractivity contribution >= 4 is 27.6 Å². The van der Waals surface area contributed by atoms with Crippen LogP contribution < -0.4 is 5.32 Å². The van der Waals surface area contributed by atoms with Crippen LogP contribution in [0.2, 0.25) is 0 Å². The lowest BCUT2D eigenvalue weighted by atomic mass is 10.1. The summed E-state index contributed by atoms with van der Waals surface area (Å²) in [4.78, 5) is 24.5. The SMILES string of the molecule is O=C(Nc1ccccc1)OCC(=O)c1ccc(S(=O)(=O)N(Cc2ccccc2)Cc2ccccc2)cc1. The Balaban J connectivity index is 1.45. The van der Waals surface area contributed by atoms with Gasteiger partial charge in [0.05, 0.1) is 4.90 Å². The second-order valence-corrected chi connectivity index (χ2v) is 10.2. The Hall–Kier alpha value is -4.27. The van der Waals surface area contributed by atoms with Crippen LogP contribution in [0, 0.1) is 0 Å². The number of hydrogen-bond acceptors (Lipinski definition) is 5. The number of ketones is 1. The summed E-state index contributed by atoms with van der Waals surface area (Å²) in [5.74, 6) is -0.447. The van der Waals surface area contributed by atoms with E-state index < -0.39 is 28.5 Å². The first-order chi connectivity index (χ1) is 17.9. The molecule has 0 fully saturated rings. The zero-order valence-electron chi connectivity index (χ0n) is 20.0. The smallest absolute Gasteiger partial charge is 0.412 e. The molecule has 0 bridgehead atoms. The molecule has 4 aromatic carbocycles. The van der Waals surface area contributed by atoms with Crippen molar-refractivity contribution in [3.63, 3.8) is 0 Å². The average Bonchev–Trinajstić information content (AvgIpc) is 2.93. The van der Waals surface area contributed by atoms with E-state index in [0.29, 0.717) is 5.69 Å². The minimum atomic E-state index is -3.87. The predicted octanol–water partition coefficient (Wildman–Crippen LogP) is 5.51. The third kappa shape index (κ3) is 7.13. The molecule has 1 N–H and O–H groups in total. The quantitative estimate of drug-likeness (QED) is 0.282. The Labute approximate surface area is 216 Å². The van der Waals surface area contributed by atoms with E-state index in [2.05, 4.69) is 5.32 Å². The molecule has 0 heterocycles. The van der Waals surface area contributed by atoms with Crippen molar-refractivity contribution in [2.75, 3.05) is 11.9 Å². The molecule has 4 aromatic rings. The molecule has 0 aliphatic rings. The van der Waals surface area contributed by atoms with Crippen LogP contribution in [-0.2, 0) is 27.8 Å². The average molecular weight is 515 g/mol. The molecule has 0 spiro atoms. The van der Waals surface area contributed by atoms with Crippen LogP contribution >= 0.6 is 0 Å². The molecular formula is C29H26N2O5S. The highest BCUT2D eigenvalue weighted by atomic mass is 32.2. The highest BCUT2D eigenvalue weighted by molar-refractivity contribution is 7.89. The molecule has 188 valence electrons. The maximum absolute atomic E-state index is 13.6. The van der Waals surface area contributed by atoms with Crippen LogP contribution in [0.4, 0.5) is 10.5 Å². The molecule has 7 nitrogen and oxygen atoms in total. The first-order valence-electron chi connectivity index (χ1n) is 11.6. The van der Waals surface area contributed by atoms with Gasteiger partial charge >= 0.3 is 6.09 Å². The number of rotatable bonds is 10. The molecule has 0 aromatic heterocycles. The van der Waals surface area contributed by atoms with Gasteiger partial charge in [-0.25, -0.2) is 13.2 Å². The molecule has 0 saturated heterocycles. The number of amides is 1. The third-order valence-electron chi connectivity index (χ3n) is 5.57. The number of sulfonamides is 1. The predicted molar refractivity (Wildman–Crippen MR) is 142 cm³/mol. The minimum Gasteiger partial charge on any atom is -0.441 e. The van der Waals surface area contributed by atoms with Gasteiger partial charge in [-0.2, -0.15) is 4.31 Å². The summed E-state index contributed by atoms with van der Waals surface area (Å²) in [6.07, 6.45) is -0.754. The van der Waals surface area contributed by atoms with Crippen LogP contribution in [0.5, 0.6) is 0 Å². The van der Waals surface area contributed by atoms with Crippen LogP contribution in [0.3, 0.4) is 0 Å². The fourth-order valence-corrected chi connectivity index (χ4v) is 5.07. The third-order valence-corrected chi connectivity index (χ3v) is 7.38. The molecule has 0 radical (unpaired) electrons. The molecule has 4 rings (SSSR count). The fraction of sp³-hybridized carbons (Fsp3) is 0.103. The number of nitrogens with zero attached hydrogens (tertiary/aromatic N) is 1. The van der Waals surface area contributed by atoms with Gasteiger partial charge in [-0.1, -0.05) is 78.9 Å². The molecule has 0 atom stereocenters. The van der Waals surface area contributed by atoms with Crippen LogP contribution in [0.1, 0.15) is 21.5 Å². The van der Waals surface area contributed by atoms with Crippen molar-refractivity contribution in [3.8, 4) is 0 Å². The van der Waals surface area contributed by atoms with E-state index in [-0.39, 0.29) is 23.5 Å². The zero-order valence-corrected chi connectivity index (χ0v) is 20.8. The highest BCUT2D eigenvalue weighted by Crippen LogP contribution is 2.22. The maximum atomic E-state index is 13.6. The second-order valence-electron chi connectivity index (χ2n) is 8.26. The van der Waals surface area contributed by atoms with Gasteiger partial charge < -0.3 is 4.74 Å². The van der Waals surface area contributed by atoms with Gasteiger partial charge in [0, 0.05) is 24.3 Å². The molecule has 37 heavy (non-hydrogen) atoms. The number of carbonyl (C=O) groups is 2. The lowest BCUT2D eigenvalue weighted by molar-refractivity contribution is 0.0863. The molecular weight excluding hydrogens is 488 g/mol. The van der Waals surface area contributed by atoms with Crippen molar-refractivity contribution in [1.82, 2.24) is 4.31 Å². The van der Waals surface area contributed by atoms with E-state index in [1.807, 2.05) is 66.7 Å². The van der Waals surface area contributed by atoms with Crippen LogP contribution in [-0.4, -0.2) is 31.2 Å². The van der Waals surface area contributed by atoms with E-state index in [4.69, 9.17) is 4.74 Å². The number of nitrogens with one attached hydrogen (secondary N) is 1. The van der Waals surface area contributed by atoms with Crippen molar-refractivity contribution in [3.05, 3.63) is 132 Å². The second kappa shape index (κ2) is 12.1. The van der Waals surface area contributed by atoms with Crippen LogP contribution in [0.15, 0.2) is 120 Å². The fourth-order valence-electron chi connectivity index (χ4n) is 3.65. The molecule has 0 saturated carbocycles. The Morgan fingerprint density at radius 3 is 1.68 bits per heavy atom. The van der Waals surface area contributed by atoms with E-state index in [9.17, 15) is 18.0 Å². The number of anilines is 1. The number of Topliss-reactive ketones (excluding diaryl/α,β-unsaturated/α-hetero) is 1. The van der Waals surface area contributed by atoms with E-state index in [0.717, 1.165) is 11.1 Å². The zero-order chi connectivity index (χ0) is 26.1. The van der Waals surface area contributed by atoms with E-state index in [1.165, 1.54) is 28.6 Å². The Morgan fingerprint density at radius 2 is 1.16 bits per heavy atom. The lowest BCUT2D eigenvalue weighted by Gasteiger charge is -2.23. The van der Waals surface area contributed by atoms with Crippen LogP contribution in [0.25, 0.3) is 0 Å². The number of para-hydroxylation sites is 1. The van der Waals surface area contributed by atoms with Crippen molar-refractivity contribution in [2.45, 2.75) is 18.0 Å². The summed E-state index contributed by atoms with van der Waals surface area (Å²) in [5, 5.41) is 2.53. The van der Waals surface area contributed by atoms with Gasteiger partial charge in [0.2, 0.25) is 10.0 Å². The van der Waals surface area contributed by atoms with Gasteiger partial charge in [-0.3, -0.25) is 10.1 Å².